The van der Waals surface area contributed by atoms with Crippen molar-refractivity contribution >= 4 is 33.3 Å². The van der Waals surface area contributed by atoms with Gasteiger partial charge in [0, 0.05) is 11.3 Å². The number of aromatic nitrogens is 4. The van der Waals surface area contributed by atoms with Gasteiger partial charge in [0.25, 0.3) is 0 Å². The van der Waals surface area contributed by atoms with E-state index in [2.05, 4.69) is 54.9 Å². The summed E-state index contributed by atoms with van der Waals surface area (Å²) in [5.41, 5.74) is 5.34. The molecular weight excluding hydrogens is 376 g/mol. The highest BCUT2D eigenvalue weighted by molar-refractivity contribution is 5.92. The van der Waals surface area contributed by atoms with Crippen LogP contribution in [0.4, 0.5) is 5.82 Å². The van der Waals surface area contributed by atoms with Crippen molar-refractivity contribution in [3.63, 3.8) is 0 Å². The van der Waals surface area contributed by atoms with Gasteiger partial charge in [-0.2, -0.15) is 5.10 Å². The number of nitrogens with one attached hydrogen (secondary N) is 2. The Bertz CT molecular complexity index is 1500. The number of allylic oxidation sites excluding steroid dienone is 1. The van der Waals surface area contributed by atoms with Gasteiger partial charge in [0.15, 0.2) is 0 Å². The number of nitrogens with zero attached hydrogens (tertiary/aromatic N) is 4. The van der Waals surface area contributed by atoms with Gasteiger partial charge in [-0.1, -0.05) is 48.5 Å². The molecule has 0 saturated heterocycles. The number of fused-ring (bicyclic) bond motifs is 3. The van der Waals surface area contributed by atoms with Crippen molar-refractivity contribution in [2.24, 2.45) is 0 Å². The molecule has 0 fully saturated rings. The first-order valence-electron chi connectivity index (χ1n) is 9.46. The number of H-pyrrole nitrogens is 1. The fraction of sp³-hybridized carbons (Fsp3) is 0.0435. The van der Waals surface area contributed by atoms with Crippen LogP contribution in [0.3, 0.4) is 0 Å². The lowest BCUT2D eigenvalue weighted by atomic mass is 9.84. The van der Waals surface area contributed by atoms with Crippen molar-refractivity contribution in [3.05, 3.63) is 101 Å². The van der Waals surface area contributed by atoms with Gasteiger partial charge in [0.05, 0.1) is 18.7 Å². The van der Waals surface area contributed by atoms with Gasteiger partial charge in [-0.15, -0.1) is 0 Å². The second kappa shape index (κ2) is 6.29. The Labute approximate surface area is 170 Å². The van der Waals surface area contributed by atoms with E-state index in [0.29, 0.717) is 16.7 Å². The first kappa shape index (κ1) is 16.5. The molecule has 3 heterocycles. The molecule has 142 valence electrons. The molecule has 1 aliphatic rings. The number of rotatable bonds is 2. The predicted octanol–water partition coefficient (Wildman–Crippen LogP) is 4.94. The third-order valence-electron chi connectivity index (χ3n) is 5.55. The monoisotopic (exact) mass is 390 g/mol. The Morgan fingerprint density at radius 2 is 1.83 bits per heavy atom. The molecule has 2 aromatic heterocycles. The number of benzene rings is 3. The van der Waals surface area contributed by atoms with Crippen molar-refractivity contribution in [1.82, 2.24) is 20.5 Å². The van der Waals surface area contributed by atoms with Crippen LogP contribution in [0, 0.1) is 6.57 Å². The second-order valence-corrected chi connectivity index (χ2v) is 7.17. The number of aromatic amines is 1. The summed E-state index contributed by atoms with van der Waals surface area (Å²) < 4.78 is 4.96. The van der Waals surface area contributed by atoms with Crippen LogP contribution in [0.2, 0.25) is 0 Å². The van der Waals surface area contributed by atoms with E-state index in [1.165, 1.54) is 0 Å². The van der Waals surface area contributed by atoms with E-state index in [1.807, 2.05) is 36.4 Å². The Hall–Kier alpha value is -4.44. The summed E-state index contributed by atoms with van der Waals surface area (Å²) >= 11 is 0. The zero-order valence-electron chi connectivity index (χ0n) is 15.6. The summed E-state index contributed by atoms with van der Waals surface area (Å²) in [6.07, 6.45) is 1.75. The Balaban J connectivity index is 1.62. The highest BCUT2D eigenvalue weighted by Gasteiger charge is 2.34. The molecule has 1 aliphatic heterocycles. The molecule has 7 heteroatoms. The van der Waals surface area contributed by atoms with Crippen molar-refractivity contribution in [1.29, 1.82) is 0 Å². The zero-order chi connectivity index (χ0) is 20.1. The summed E-state index contributed by atoms with van der Waals surface area (Å²) in [6, 6.07) is 20.1. The lowest BCUT2D eigenvalue weighted by Crippen LogP contribution is -2.16. The van der Waals surface area contributed by atoms with E-state index in [0.717, 1.165) is 39.0 Å². The fourth-order valence-corrected chi connectivity index (χ4v) is 4.16. The normalized spacial score (nSPS) is 15.8. The van der Waals surface area contributed by atoms with Gasteiger partial charge in [-0.25, -0.2) is 9.47 Å². The molecule has 2 N–H and O–H groups in total. The molecule has 3 aromatic carbocycles. The van der Waals surface area contributed by atoms with Crippen LogP contribution >= 0.6 is 0 Å². The molecule has 30 heavy (non-hydrogen) atoms. The van der Waals surface area contributed by atoms with E-state index < -0.39 is 0 Å². The van der Waals surface area contributed by atoms with Crippen LogP contribution in [0.25, 0.3) is 32.3 Å². The highest BCUT2D eigenvalue weighted by atomic mass is 16.6. The number of hydrogen-bond acceptors (Lipinski definition) is 5. The van der Waals surface area contributed by atoms with E-state index in [-0.39, 0.29) is 5.92 Å². The standard InChI is InChI=1S/C23H14N6O/c1-24-22-19(16-7-4-8-18-21(16)29-30-28-18)17-12-25-27-23(17)26-20(22)15-10-9-13-5-2-3-6-14(13)11-15/h2-12,19H,(H2,25,26,27). The zero-order valence-corrected chi connectivity index (χ0v) is 15.6. The second-order valence-electron chi connectivity index (χ2n) is 7.17. The van der Waals surface area contributed by atoms with Gasteiger partial charge in [0.2, 0.25) is 5.70 Å². The van der Waals surface area contributed by atoms with Crippen molar-refractivity contribution in [2.75, 3.05) is 5.32 Å². The maximum absolute atomic E-state index is 8.02. The van der Waals surface area contributed by atoms with E-state index >= 15 is 0 Å². The molecular formula is C23H14N6O. The summed E-state index contributed by atoms with van der Waals surface area (Å²) in [7, 11) is 0. The largest absolute Gasteiger partial charge is 0.349 e. The Kier molecular flexibility index (Phi) is 3.46. The summed E-state index contributed by atoms with van der Waals surface area (Å²) in [4.78, 5) is 3.96. The lowest BCUT2D eigenvalue weighted by Gasteiger charge is -2.26. The average molecular weight is 390 g/mol. The molecule has 5 aromatic rings. The summed E-state index contributed by atoms with van der Waals surface area (Å²) in [5, 5.41) is 21.0. The number of anilines is 1. The van der Waals surface area contributed by atoms with Crippen LogP contribution in [-0.4, -0.2) is 20.5 Å². The third-order valence-corrected chi connectivity index (χ3v) is 5.55. The van der Waals surface area contributed by atoms with Gasteiger partial charge in [-0.05, 0) is 44.3 Å². The highest BCUT2D eigenvalue weighted by Crippen LogP contribution is 2.45. The minimum atomic E-state index is -0.338. The molecule has 0 spiro atoms. The van der Waals surface area contributed by atoms with Crippen LogP contribution in [0.1, 0.15) is 22.6 Å². The molecule has 0 bridgehead atoms. The molecule has 1 atom stereocenters. The molecule has 0 saturated carbocycles. The quantitative estimate of drug-likeness (QED) is 0.417. The lowest BCUT2D eigenvalue weighted by molar-refractivity contribution is 0.315. The smallest absolute Gasteiger partial charge is 0.200 e. The predicted molar refractivity (Wildman–Crippen MR) is 113 cm³/mol. The third kappa shape index (κ3) is 2.34. The minimum Gasteiger partial charge on any atom is -0.349 e. The van der Waals surface area contributed by atoms with Gasteiger partial charge < -0.3 is 5.32 Å². The van der Waals surface area contributed by atoms with Gasteiger partial charge in [-0.3, -0.25) is 5.10 Å². The van der Waals surface area contributed by atoms with Crippen LogP contribution < -0.4 is 5.32 Å². The summed E-state index contributed by atoms with van der Waals surface area (Å²) in [6.45, 7) is 8.02. The average Bonchev–Trinajstić information content (AvgIpc) is 3.46. The topological polar surface area (TPSA) is 84.0 Å². The fourth-order valence-electron chi connectivity index (χ4n) is 4.16. The molecule has 7 nitrogen and oxygen atoms in total. The Morgan fingerprint density at radius 3 is 2.73 bits per heavy atom. The van der Waals surface area contributed by atoms with Crippen LogP contribution in [-0.2, 0) is 0 Å². The Morgan fingerprint density at radius 1 is 0.933 bits per heavy atom. The van der Waals surface area contributed by atoms with Gasteiger partial charge in [0.1, 0.15) is 16.9 Å². The van der Waals surface area contributed by atoms with Crippen LogP contribution in [0.5, 0.6) is 0 Å². The van der Waals surface area contributed by atoms with E-state index in [4.69, 9.17) is 11.2 Å². The van der Waals surface area contributed by atoms with Gasteiger partial charge >= 0.3 is 0 Å². The molecule has 0 amide bonds. The molecule has 6 rings (SSSR count). The van der Waals surface area contributed by atoms with Crippen LogP contribution in [0.15, 0.2) is 77.2 Å². The number of hydrogen-bond donors (Lipinski definition) is 2. The van der Waals surface area contributed by atoms with E-state index in [1.54, 1.807) is 6.20 Å². The molecule has 0 radical (unpaired) electrons. The van der Waals surface area contributed by atoms with Crippen molar-refractivity contribution < 1.29 is 4.63 Å². The van der Waals surface area contributed by atoms with E-state index in [9.17, 15) is 0 Å². The van der Waals surface area contributed by atoms with Crippen molar-refractivity contribution in [2.45, 2.75) is 5.92 Å². The molecule has 0 aliphatic carbocycles. The summed E-state index contributed by atoms with van der Waals surface area (Å²) in [5.74, 6) is 0.429. The maximum atomic E-state index is 8.02. The molecule has 1 unspecified atom stereocenters. The van der Waals surface area contributed by atoms with Crippen molar-refractivity contribution in [3.8, 4) is 0 Å². The first-order chi connectivity index (χ1) is 14.8. The first-order valence-corrected chi connectivity index (χ1v) is 9.46. The SMILES string of the molecule is [C-]#[N+]C1=C(c2ccc3ccccc3c2)Nc2[nH]ncc2C1c1cccc2nonc12. The maximum Gasteiger partial charge on any atom is 0.200 e. The minimum absolute atomic E-state index is 0.338.